The summed E-state index contributed by atoms with van der Waals surface area (Å²) in [6.45, 7) is 9.50. The molecule has 0 N–H and O–H groups in total. The number of likely N-dealkylation sites (N-methyl/N-ethyl adjacent to an activating group) is 1. The Bertz CT molecular complexity index is 205. The molecule has 0 amide bonds. The zero-order valence-electron chi connectivity index (χ0n) is 10.1. The number of piperidine rings is 1. The highest BCUT2D eigenvalue weighted by Gasteiger charge is 2.23. The second kappa shape index (κ2) is 6.81. The van der Waals surface area contributed by atoms with E-state index in [1.165, 1.54) is 19.3 Å². The van der Waals surface area contributed by atoms with Crippen LogP contribution in [0.5, 0.6) is 0 Å². The van der Waals surface area contributed by atoms with Crippen molar-refractivity contribution in [2.75, 3.05) is 32.7 Å². The Balaban J connectivity index is 2.45. The van der Waals surface area contributed by atoms with E-state index >= 15 is 0 Å². The van der Waals surface area contributed by atoms with Gasteiger partial charge in [0.25, 0.3) is 0 Å². The maximum atomic E-state index is 8.78. The van der Waals surface area contributed by atoms with Gasteiger partial charge in [-0.05, 0) is 32.5 Å². The second-order valence-electron chi connectivity index (χ2n) is 4.26. The highest BCUT2D eigenvalue weighted by molar-refractivity contribution is 4.86. The molecule has 0 aromatic heterocycles. The predicted octanol–water partition coefficient (Wildman–Crippen LogP) is 1.71. The lowest BCUT2D eigenvalue weighted by molar-refractivity contribution is 0.121. The van der Waals surface area contributed by atoms with E-state index in [0.29, 0.717) is 12.6 Å². The normalized spacial score (nSPS) is 22.9. The average molecular weight is 209 g/mol. The number of hydrogen-bond acceptors (Lipinski definition) is 3. The molecular weight excluding hydrogens is 186 g/mol. The van der Waals surface area contributed by atoms with Gasteiger partial charge in [0.05, 0.1) is 12.6 Å². The monoisotopic (exact) mass is 209 g/mol. The van der Waals surface area contributed by atoms with Crippen molar-refractivity contribution in [2.24, 2.45) is 0 Å². The van der Waals surface area contributed by atoms with Gasteiger partial charge in [0.15, 0.2) is 0 Å². The van der Waals surface area contributed by atoms with Gasteiger partial charge in [-0.3, -0.25) is 4.90 Å². The highest BCUT2D eigenvalue weighted by Crippen LogP contribution is 2.17. The SMILES string of the molecule is CCN(CC)CC1CCCCN1CC#N. The molecule has 3 heteroatoms. The van der Waals surface area contributed by atoms with Gasteiger partial charge in [0.1, 0.15) is 0 Å². The number of rotatable bonds is 5. The Morgan fingerprint density at radius 3 is 2.67 bits per heavy atom. The lowest BCUT2D eigenvalue weighted by Gasteiger charge is -2.36. The van der Waals surface area contributed by atoms with Crippen LogP contribution in [-0.4, -0.2) is 48.6 Å². The van der Waals surface area contributed by atoms with Gasteiger partial charge in [-0.2, -0.15) is 5.26 Å². The molecule has 0 aromatic rings. The smallest absolute Gasteiger partial charge is 0.0868 e. The van der Waals surface area contributed by atoms with Gasteiger partial charge < -0.3 is 4.90 Å². The first kappa shape index (κ1) is 12.5. The third-order valence-electron chi connectivity index (χ3n) is 3.39. The van der Waals surface area contributed by atoms with Gasteiger partial charge >= 0.3 is 0 Å². The van der Waals surface area contributed by atoms with E-state index in [0.717, 1.165) is 26.2 Å². The van der Waals surface area contributed by atoms with Crippen LogP contribution in [0.15, 0.2) is 0 Å². The van der Waals surface area contributed by atoms with E-state index in [1.807, 2.05) is 0 Å². The molecule has 1 heterocycles. The van der Waals surface area contributed by atoms with Crippen LogP contribution in [0.3, 0.4) is 0 Å². The zero-order chi connectivity index (χ0) is 11.1. The summed E-state index contributed by atoms with van der Waals surface area (Å²) in [5.41, 5.74) is 0. The molecule has 1 unspecified atom stereocenters. The molecule has 1 aliphatic heterocycles. The van der Waals surface area contributed by atoms with Crippen LogP contribution in [0.2, 0.25) is 0 Å². The molecule has 0 saturated carbocycles. The molecular formula is C12H23N3. The van der Waals surface area contributed by atoms with Crippen molar-refractivity contribution in [1.82, 2.24) is 9.80 Å². The summed E-state index contributed by atoms with van der Waals surface area (Å²) in [4.78, 5) is 4.81. The van der Waals surface area contributed by atoms with E-state index in [2.05, 4.69) is 29.7 Å². The Morgan fingerprint density at radius 2 is 2.07 bits per heavy atom. The quantitative estimate of drug-likeness (QED) is 0.646. The first-order valence-electron chi connectivity index (χ1n) is 6.15. The lowest BCUT2D eigenvalue weighted by atomic mass is 10.0. The maximum Gasteiger partial charge on any atom is 0.0868 e. The van der Waals surface area contributed by atoms with E-state index in [4.69, 9.17) is 5.26 Å². The Morgan fingerprint density at radius 1 is 1.33 bits per heavy atom. The standard InChI is InChI=1S/C12H23N3/c1-3-14(4-2)11-12-7-5-6-9-15(12)10-8-13/h12H,3-7,9-11H2,1-2H3. The van der Waals surface area contributed by atoms with Gasteiger partial charge in [0, 0.05) is 12.6 Å². The summed E-state index contributed by atoms with van der Waals surface area (Å²) in [5.74, 6) is 0. The fourth-order valence-corrected chi connectivity index (χ4v) is 2.35. The molecule has 1 fully saturated rings. The van der Waals surface area contributed by atoms with Crippen LogP contribution in [-0.2, 0) is 0 Å². The van der Waals surface area contributed by atoms with Crippen molar-refractivity contribution in [3.8, 4) is 6.07 Å². The first-order valence-corrected chi connectivity index (χ1v) is 6.15. The average Bonchev–Trinajstić information content (AvgIpc) is 2.28. The Labute approximate surface area is 93.7 Å². The third-order valence-corrected chi connectivity index (χ3v) is 3.39. The molecule has 0 aromatic carbocycles. The first-order chi connectivity index (χ1) is 7.31. The summed E-state index contributed by atoms with van der Waals surface area (Å²) >= 11 is 0. The number of likely N-dealkylation sites (tertiary alicyclic amines) is 1. The summed E-state index contributed by atoms with van der Waals surface area (Å²) in [5, 5.41) is 8.78. The lowest BCUT2D eigenvalue weighted by Crippen LogP contribution is -2.46. The van der Waals surface area contributed by atoms with Gasteiger partial charge in [-0.15, -0.1) is 0 Å². The molecule has 1 rings (SSSR count). The van der Waals surface area contributed by atoms with Crippen molar-refractivity contribution in [3.05, 3.63) is 0 Å². The third kappa shape index (κ3) is 3.81. The maximum absolute atomic E-state index is 8.78. The van der Waals surface area contributed by atoms with Crippen molar-refractivity contribution < 1.29 is 0 Å². The van der Waals surface area contributed by atoms with Crippen molar-refractivity contribution in [1.29, 1.82) is 5.26 Å². The number of hydrogen-bond donors (Lipinski definition) is 0. The summed E-state index contributed by atoms with van der Waals surface area (Å²) in [6, 6.07) is 2.89. The second-order valence-corrected chi connectivity index (χ2v) is 4.26. The van der Waals surface area contributed by atoms with Crippen molar-refractivity contribution >= 4 is 0 Å². The minimum absolute atomic E-state index is 0.603. The zero-order valence-corrected chi connectivity index (χ0v) is 10.1. The summed E-state index contributed by atoms with van der Waals surface area (Å²) < 4.78 is 0. The minimum atomic E-state index is 0.603. The number of nitrogens with zero attached hydrogens (tertiary/aromatic N) is 3. The van der Waals surface area contributed by atoms with Crippen LogP contribution in [0, 0.1) is 11.3 Å². The van der Waals surface area contributed by atoms with Crippen molar-refractivity contribution in [3.63, 3.8) is 0 Å². The largest absolute Gasteiger partial charge is 0.302 e. The van der Waals surface area contributed by atoms with Crippen LogP contribution < -0.4 is 0 Å². The van der Waals surface area contributed by atoms with Gasteiger partial charge in [0.2, 0.25) is 0 Å². The fourth-order valence-electron chi connectivity index (χ4n) is 2.35. The molecule has 1 atom stereocenters. The molecule has 86 valence electrons. The fraction of sp³-hybridized carbons (Fsp3) is 0.917. The van der Waals surface area contributed by atoms with Gasteiger partial charge in [-0.1, -0.05) is 20.3 Å². The summed E-state index contributed by atoms with van der Waals surface area (Å²) in [6.07, 6.45) is 3.85. The molecule has 15 heavy (non-hydrogen) atoms. The highest BCUT2D eigenvalue weighted by atomic mass is 15.2. The van der Waals surface area contributed by atoms with Crippen molar-refractivity contribution in [2.45, 2.75) is 39.2 Å². The van der Waals surface area contributed by atoms with Gasteiger partial charge in [-0.25, -0.2) is 0 Å². The number of nitriles is 1. The molecule has 1 saturated heterocycles. The topological polar surface area (TPSA) is 30.3 Å². The van der Waals surface area contributed by atoms with Crippen LogP contribution in [0.25, 0.3) is 0 Å². The van der Waals surface area contributed by atoms with E-state index in [-0.39, 0.29) is 0 Å². The Kier molecular flexibility index (Phi) is 5.67. The molecule has 0 bridgehead atoms. The molecule has 0 aliphatic carbocycles. The predicted molar refractivity (Wildman–Crippen MR) is 62.6 cm³/mol. The molecule has 0 radical (unpaired) electrons. The molecule has 3 nitrogen and oxygen atoms in total. The van der Waals surface area contributed by atoms with Crippen LogP contribution in [0.1, 0.15) is 33.1 Å². The van der Waals surface area contributed by atoms with E-state index < -0.39 is 0 Å². The van der Waals surface area contributed by atoms with E-state index in [9.17, 15) is 0 Å². The minimum Gasteiger partial charge on any atom is -0.302 e. The van der Waals surface area contributed by atoms with Crippen LogP contribution >= 0.6 is 0 Å². The molecule has 0 spiro atoms. The van der Waals surface area contributed by atoms with Crippen LogP contribution in [0.4, 0.5) is 0 Å². The Hall–Kier alpha value is -0.590. The molecule has 1 aliphatic rings. The summed E-state index contributed by atoms with van der Waals surface area (Å²) in [7, 11) is 0. The van der Waals surface area contributed by atoms with E-state index in [1.54, 1.807) is 0 Å².